The van der Waals surface area contributed by atoms with Gasteiger partial charge in [0.2, 0.25) is 0 Å². The van der Waals surface area contributed by atoms with Crippen LogP contribution in [0, 0.1) is 6.92 Å². The molecule has 0 aromatic heterocycles. The normalized spacial score (nSPS) is 10.4. The van der Waals surface area contributed by atoms with Gasteiger partial charge in [-0.05, 0) is 36.6 Å². The lowest BCUT2D eigenvalue weighted by Gasteiger charge is -2.13. The van der Waals surface area contributed by atoms with E-state index >= 15 is 0 Å². The first-order valence-corrected chi connectivity index (χ1v) is 8.69. The number of carbonyl (C=O) groups excluding carboxylic acids is 2. The molecule has 26 heavy (non-hydrogen) atoms. The summed E-state index contributed by atoms with van der Waals surface area (Å²) in [4.78, 5) is 25.0. The van der Waals surface area contributed by atoms with Crippen LogP contribution < -0.4 is 5.32 Å². The number of aryl methyl sites for hydroxylation is 2. The highest BCUT2D eigenvalue weighted by Gasteiger charge is 2.13. The van der Waals surface area contributed by atoms with E-state index < -0.39 is 0 Å². The van der Waals surface area contributed by atoms with Crippen LogP contribution in [0.1, 0.15) is 44.3 Å². The molecule has 3 heteroatoms. The smallest absolute Gasteiger partial charge is 0.255 e. The van der Waals surface area contributed by atoms with Crippen LogP contribution in [0.5, 0.6) is 0 Å². The highest BCUT2D eigenvalue weighted by Crippen LogP contribution is 2.22. The Morgan fingerprint density at radius 3 is 2.04 bits per heavy atom. The van der Waals surface area contributed by atoms with Gasteiger partial charge in [0.1, 0.15) is 0 Å². The van der Waals surface area contributed by atoms with Crippen LogP contribution in [0.15, 0.2) is 72.8 Å². The second-order valence-corrected chi connectivity index (χ2v) is 6.19. The van der Waals surface area contributed by atoms with Crippen molar-refractivity contribution in [2.75, 3.05) is 5.32 Å². The van der Waals surface area contributed by atoms with E-state index in [-0.39, 0.29) is 11.7 Å². The van der Waals surface area contributed by atoms with Crippen molar-refractivity contribution in [1.29, 1.82) is 0 Å². The van der Waals surface area contributed by atoms with Gasteiger partial charge in [-0.1, -0.05) is 67.6 Å². The van der Waals surface area contributed by atoms with Crippen LogP contribution in [-0.4, -0.2) is 11.7 Å². The van der Waals surface area contributed by atoms with Gasteiger partial charge in [-0.15, -0.1) is 0 Å². The standard InChI is InChI=1S/C23H21NO2/c1-3-17-11-7-8-16(2)21(17)24-23(26)20-14-12-19(13-15-20)22(25)18-9-5-4-6-10-18/h4-15H,3H2,1-2H3,(H,24,26). The number of anilines is 1. The van der Waals surface area contributed by atoms with Crippen LogP contribution in [0.3, 0.4) is 0 Å². The predicted octanol–water partition coefficient (Wildman–Crippen LogP) is 5.04. The average molecular weight is 343 g/mol. The van der Waals surface area contributed by atoms with Crippen LogP contribution >= 0.6 is 0 Å². The largest absolute Gasteiger partial charge is 0.321 e. The average Bonchev–Trinajstić information content (AvgIpc) is 2.69. The molecule has 3 aromatic carbocycles. The first-order valence-electron chi connectivity index (χ1n) is 8.69. The number of hydrogen-bond acceptors (Lipinski definition) is 2. The number of rotatable bonds is 5. The SMILES string of the molecule is CCc1cccc(C)c1NC(=O)c1ccc(C(=O)c2ccccc2)cc1. The highest BCUT2D eigenvalue weighted by molar-refractivity contribution is 6.10. The summed E-state index contributed by atoms with van der Waals surface area (Å²) in [6, 6.07) is 21.9. The molecular formula is C23H21NO2. The number of carbonyl (C=O) groups is 2. The van der Waals surface area contributed by atoms with E-state index in [0.717, 1.165) is 23.2 Å². The Balaban J connectivity index is 1.79. The van der Waals surface area contributed by atoms with E-state index in [9.17, 15) is 9.59 Å². The highest BCUT2D eigenvalue weighted by atomic mass is 16.1. The zero-order chi connectivity index (χ0) is 18.5. The molecule has 3 nitrogen and oxygen atoms in total. The van der Waals surface area contributed by atoms with Crippen molar-refractivity contribution in [1.82, 2.24) is 0 Å². The summed E-state index contributed by atoms with van der Waals surface area (Å²) in [5.74, 6) is -0.225. The number of ketones is 1. The molecule has 1 amide bonds. The maximum atomic E-state index is 12.6. The van der Waals surface area contributed by atoms with Gasteiger partial charge in [-0.2, -0.15) is 0 Å². The molecule has 0 bridgehead atoms. The van der Waals surface area contributed by atoms with Gasteiger partial charge in [0.25, 0.3) is 5.91 Å². The van der Waals surface area contributed by atoms with Gasteiger partial charge >= 0.3 is 0 Å². The molecule has 0 spiro atoms. The van der Waals surface area contributed by atoms with Gasteiger partial charge in [0.15, 0.2) is 5.78 Å². The van der Waals surface area contributed by atoms with Crippen molar-refractivity contribution in [3.63, 3.8) is 0 Å². The Hall–Kier alpha value is -3.20. The van der Waals surface area contributed by atoms with Crippen molar-refractivity contribution < 1.29 is 9.59 Å². The summed E-state index contributed by atoms with van der Waals surface area (Å²) in [6.07, 6.45) is 0.849. The summed E-state index contributed by atoms with van der Waals surface area (Å²) in [7, 11) is 0. The number of nitrogens with one attached hydrogen (secondary N) is 1. The molecule has 0 unspecified atom stereocenters. The Labute approximate surface area is 153 Å². The minimum Gasteiger partial charge on any atom is -0.321 e. The monoisotopic (exact) mass is 343 g/mol. The van der Waals surface area contributed by atoms with Crippen LogP contribution in [0.25, 0.3) is 0 Å². The van der Waals surface area contributed by atoms with Crippen molar-refractivity contribution >= 4 is 17.4 Å². The van der Waals surface area contributed by atoms with Gasteiger partial charge in [0, 0.05) is 22.4 Å². The van der Waals surface area contributed by atoms with Crippen LogP contribution in [-0.2, 0) is 6.42 Å². The fraction of sp³-hybridized carbons (Fsp3) is 0.130. The summed E-state index contributed by atoms with van der Waals surface area (Å²) < 4.78 is 0. The van der Waals surface area contributed by atoms with E-state index in [2.05, 4.69) is 12.2 Å². The van der Waals surface area contributed by atoms with E-state index in [4.69, 9.17) is 0 Å². The van der Waals surface area contributed by atoms with Gasteiger partial charge in [-0.3, -0.25) is 9.59 Å². The molecule has 3 rings (SSSR count). The van der Waals surface area contributed by atoms with E-state index in [0.29, 0.717) is 16.7 Å². The van der Waals surface area contributed by atoms with Crippen LogP contribution in [0.4, 0.5) is 5.69 Å². The lowest BCUT2D eigenvalue weighted by molar-refractivity contribution is 0.102. The molecule has 130 valence electrons. The predicted molar refractivity (Wildman–Crippen MR) is 105 cm³/mol. The first kappa shape index (κ1) is 17.6. The second-order valence-electron chi connectivity index (χ2n) is 6.19. The number of benzene rings is 3. The molecule has 0 atom stereocenters. The summed E-state index contributed by atoms with van der Waals surface area (Å²) in [6.45, 7) is 4.05. The van der Waals surface area contributed by atoms with Crippen molar-refractivity contribution in [2.24, 2.45) is 0 Å². The Kier molecular flexibility index (Phi) is 5.28. The summed E-state index contributed by atoms with van der Waals surface area (Å²) in [5, 5.41) is 3.00. The fourth-order valence-corrected chi connectivity index (χ4v) is 2.92. The third-order valence-corrected chi connectivity index (χ3v) is 4.42. The Morgan fingerprint density at radius 1 is 0.769 bits per heavy atom. The van der Waals surface area contributed by atoms with Crippen molar-refractivity contribution in [3.8, 4) is 0 Å². The maximum Gasteiger partial charge on any atom is 0.255 e. The topological polar surface area (TPSA) is 46.2 Å². The molecular weight excluding hydrogens is 322 g/mol. The third-order valence-electron chi connectivity index (χ3n) is 4.42. The second kappa shape index (κ2) is 7.79. The lowest BCUT2D eigenvalue weighted by Crippen LogP contribution is -2.14. The molecule has 0 heterocycles. The molecule has 3 aromatic rings. The first-order chi connectivity index (χ1) is 12.6. The molecule has 0 saturated carbocycles. The molecule has 0 fully saturated rings. The van der Waals surface area contributed by atoms with Crippen molar-refractivity contribution in [3.05, 3.63) is 101 Å². The molecule has 1 N–H and O–H groups in total. The Bertz CT molecular complexity index is 928. The Morgan fingerprint density at radius 2 is 1.38 bits per heavy atom. The minimum absolute atomic E-state index is 0.0512. The summed E-state index contributed by atoms with van der Waals surface area (Å²) >= 11 is 0. The van der Waals surface area contributed by atoms with Crippen molar-refractivity contribution in [2.45, 2.75) is 20.3 Å². The van der Waals surface area contributed by atoms with E-state index in [1.165, 1.54) is 0 Å². The van der Waals surface area contributed by atoms with Gasteiger partial charge in [0.05, 0.1) is 0 Å². The quantitative estimate of drug-likeness (QED) is 0.660. The van der Waals surface area contributed by atoms with Gasteiger partial charge < -0.3 is 5.32 Å². The van der Waals surface area contributed by atoms with E-state index in [1.54, 1.807) is 36.4 Å². The molecule has 0 aliphatic rings. The molecule has 0 saturated heterocycles. The fourth-order valence-electron chi connectivity index (χ4n) is 2.92. The summed E-state index contributed by atoms with van der Waals surface area (Å²) in [5.41, 5.74) is 4.74. The zero-order valence-corrected chi connectivity index (χ0v) is 15.0. The number of amides is 1. The van der Waals surface area contributed by atoms with E-state index in [1.807, 2.05) is 43.3 Å². The third kappa shape index (κ3) is 3.72. The number of hydrogen-bond donors (Lipinski definition) is 1. The molecule has 0 aliphatic carbocycles. The van der Waals surface area contributed by atoms with Gasteiger partial charge in [-0.25, -0.2) is 0 Å². The minimum atomic E-state index is -0.173. The maximum absolute atomic E-state index is 12.6. The molecule has 0 radical (unpaired) electrons. The lowest BCUT2D eigenvalue weighted by atomic mass is 10.0. The number of para-hydroxylation sites is 1. The van der Waals surface area contributed by atoms with Crippen LogP contribution in [0.2, 0.25) is 0 Å². The zero-order valence-electron chi connectivity index (χ0n) is 15.0. The molecule has 0 aliphatic heterocycles.